The van der Waals surface area contributed by atoms with Crippen LogP contribution >= 0.6 is 0 Å². The fourth-order valence-electron chi connectivity index (χ4n) is 10.8. The minimum atomic E-state index is -2.72. The lowest BCUT2D eigenvalue weighted by molar-refractivity contribution is -0.240. The summed E-state index contributed by atoms with van der Waals surface area (Å²) in [5, 5.41) is 81.7. The highest BCUT2D eigenvalue weighted by Crippen LogP contribution is 2.76. The highest BCUT2D eigenvalue weighted by atomic mass is 16.5. The summed E-state index contributed by atoms with van der Waals surface area (Å²) >= 11 is 0. The monoisotopic (exact) mass is 786 g/mol. The van der Waals surface area contributed by atoms with Crippen LogP contribution in [0.25, 0.3) is 0 Å². The van der Waals surface area contributed by atoms with Gasteiger partial charge in [0.05, 0.1) is 10.8 Å². The van der Waals surface area contributed by atoms with E-state index in [2.05, 4.69) is 13.2 Å². The molecule has 1 saturated carbocycles. The zero-order valence-electron chi connectivity index (χ0n) is 33.6. The van der Waals surface area contributed by atoms with Crippen molar-refractivity contribution in [2.45, 2.75) is 72.1 Å². The Kier molecular flexibility index (Phi) is 11.0. The topological polar surface area (TPSA) is 121 Å². The van der Waals surface area contributed by atoms with Crippen LogP contribution in [-0.4, -0.2) is 65.3 Å². The molecule has 6 aromatic rings. The molecule has 2 unspecified atom stereocenters. The smallest absolute Gasteiger partial charge is 0.136 e. The van der Waals surface area contributed by atoms with Crippen LogP contribution in [0.1, 0.15) is 60.1 Å². The molecule has 59 heavy (non-hydrogen) atoms. The minimum Gasteiger partial charge on any atom is -0.388 e. The molecule has 6 aromatic carbocycles. The van der Waals surface area contributed by atoms with Gasteiger partial charge in [-0.15, -0.1) is 13.2 Å². The normalized spacial score (nSPS) is 21.9. The zero-order chi connectivity index (χ0) is 42.2. The number of hydrogen-bond donors (Lipinski definition) is 6. The van der Waals surface area contributed by atoms with Crippen molar-refractivity contribution in [2.75, 3.05) is 0 Å². The maximum absolute atomic E-state index is 13.7. The lowest BCUT2D eigenvalue weighted by Gasteiger charge is -2.52. The quantitative estimate of drug-likeness (QED) is 0.0439. The molecule has 6 heteroatoms. The lowest BCUT2D eigenvalue weighted by Crippen LogP contribution is -2.70. The van der Waals surface area contributed by atoms with Gasteiger partial charge in [-0.05, 0) is 46.2 Å². The maximum atomic E-state index is 13.7. The Hall–Kier alpha value is -5.44. The zero-order valence-corrected chi connectivity index (χ0v) is 33.6. The summed E-state index contributed by atoms with van der Waals surface area (Å²) < 4.78 is 0. The lowest BCUT2D eigenvalue weighted by atomic mass is 9.57. The summed E-state index contributed by atoms with van der Waals surface area (Å²) in [7, 11) is 0. The highest BCUT2D eigenvalue weighted by Gasteiger charge is 2.96. The van der Waals surface area contributed by atoms with Crippen LogP contribution in [0.2, 0.25) is 0 Å². The van der Waals surface area contributed by atoms with E-state index in [0.29, 0.717) is 33.4 Å². The molecule has 0 heterocycles. The molecule has 1 fully saturated rings. The Labute approximate surface area is 347 Å². The molecule has 302 valence electrons. The van der Waals surface area contributed by atoms with Crippen LogP contribution in [0, 0.1) is 5.41 Å². The first-order valence-corrected chi connectivity index (χ1v) is 20.1. The standard InChI is InChI=1S/C53H54O6/c1-5-37-48(56,45(54)50(39-25-13-7-14-26-39,40-27-15-8-16-28-40)41-29-17-9-18-30-41)52(58)47(3,4)53(52,59)49(57,38-6-2)46(55)51(42-31-19-10-20-32-42,43-33-21-11-22-34-43)44-35-23-12-24-36-44/h5-36,45-46,54-59H,1-2,37-38H2,3-4H3/t45?,46?,48-,49-,52-,53-/m1/s1. The van der Waals surface area contributed by atoms with E-state index in [1.54, 1.807) is 13.8 Å². The number of aliphatic hydroxyl groups is 6. The van der Waals surface area contributed by atoms with Crippen molar-refractivity contribution < 1.29 is 30.6 Å². The summed E-state index contributed by atoms with van der Waals surface area (Å²) in [5.74, 6) is 0. The summed E-state index contributed by atoms with van der Waals surface area (Å²) in [6.07, 6.45) is -1.88. The van der Waals surface area contributed by atoms with E-state index < -0.39 is 63.7 Å². The van der Waals surface area contributed by atoms with Crippen molar-refractivity contribution in [1.82, 2.24) is 0 Å². The molecule has 0 radical (unpaired) electrons. The predicted octanol–water partition coefficient (Wildman–Crippen LogP) is 7.89. The van der Waals surface area contributed by atoms with Gasteiger partial charge in [-0.25, -0.2) is 0 Å². The molecule has 0 saturated heterocycles. The fraction of sp³-hybridized carbons (Fsp3) is 0.245. The molecule has 0 amide bonds. The van der Waals surface area contributed by atoms with Gasteiger partial charge in [0.15, 0.2) is 0 Å². The van der Waals surface area contributed by atoms with Crippen LogP contribution < -0.4 is 0 Å². The summed E-state index contributed by atoms with van der Waals surface area (Å²) in [6, 6.07) is 55.6. The molecule has 6 atom stereocenters. The number of benzene rings is 6. The molecule has 7 rings (SSSR count). The van der Waals surface area contributed by atoms with Crippen molar-refractivity contribution in [3.8, 4) is 0 Å². The average Bonchev–Trinajstić information content (AvgIpc) is 3.67. The number of rotatable bonds is 16. The third-order valence-corrected chi connectivity index (χ3v) is 13.5. The van der Waals surface area contributed by atoms with E-state index in [4.69, 9.17) is 0 Å². The molecular formula is C53H54O6. The van der Waals surface area contributed by atoms with Crippen LogP contribution in [0.15, 0.2) is 207 Å². The Morgan fingerprint density at radius 1 is 0.424 bits per heavy atom. The van der Waals surface area contributed by atoms with Crippen molar-refractivity contribution in [3.63, 3.8) is 0 Å². The number of hydrogen-bond acceptors (Lipinski definition) is 6. The first-order valence-electron chi connectivity index (χ1n) is 20.1. The van der Waals surface area contributed by atoms with E-state index in [0.717, 1.165) is 0 Å². The van der Waals surface area contributed by atoms with Crippen LogP contribution in [-0.2, 0) is 10.8 Å². The van der Waals surface area contributed by atoms with Gasteiger partial charge in [0.1, 0.15) is 34.6 Å². The predicted molar refractivity (Wildman–Crippen MR) is 234 cm³/mol. The average molecular weight is 787 g/mol. The SMILES string of the molecule is C=CC[C@@](O)(C(O)C(c1ccccc1)(c1ccccc1)c1ccccc1)[C@]1(O)C(C)(C)[C@@]1(O)[C@@](O)(CC=C)C(O)C(c1ccccc1)(c1ccccc1)c1ccccc1. The van der Waals surface area contributed by atoms with Gasteiger partial charge >= 0.3 is 0 Å². The van der Waals surface area contributed by atoms with E-state index in [-0.39, 0.29) is 0 Å². The van der Waals surface area contributed by atoms with E-state index in [1.807, 2.05) is 182 Å². The van der Waals surface area contributed by atoms with E-state index >= 15 is 0 Å². The second kappa shape index (κ2) is 15.6. The fourth-order valence-corrected chi connectivity index (χ4v) is 10.8. The molecular weight excluding hydrogens is 733 g/mol. The Morgan fingerprint density at radius 2 is 0.610 bits per heavy atom. The van der Waals surface area contributed by atoms with Crippen molar-refractivity contribution in [2.24, 2.45) is 5.41 Å². The number of aliphatic hydroxyl groups excluding tert-OH is 2. The largest absolute Gasteiger partial charge is 0.388 e. The van der Waals surface area contributed by atoms with Gasteiger partial charge in [-0.2, -0.15) is 0 Å². The molecule has 1 aliphatic carbocycles. The van der Waals surface area contributed by atoms with Crippen molar-refractivity contribution in [1.29, 1.82) is 0 Å². The summed E-state index contributed by atoms with van der Waals surface area (Å²) in [5.41, 5.74) is -12.0. The van der Waals surface area contributed by atoms with Crippen LogP contribution in [0.4, 0.5) is 0 Å². The maximum Gasteiger partial charge on any atom is 0.136 e. The first kappa shape index (κ1) is 41.7. The van der Waals surface area contributed by atoms with Gasteiger partial charge in [0, 0.05) is 5.41 Å². The molecule has 0 aromatic heterocycles. The first-order chi connectivity index (χ1) is 28.3. The van der Waals surface area contributed by atoms with Gasteiger partial charge in [-0.3, -0.25) is 0 Å². The molecule has 0 bridgehead atoms. The highest BCUT2D eigenvalue weighted by molar-refractivity contribution is 5.58. The Bertz CT molecular complexity index is 1980. The second-order valence-corrected chi connectivity index (χ2v) is 16.5. The summed E-state index contributed by atoms with van der Waals surface area (Å²) in [6.45, 7) is 11.0. The molecule has 6 N–H and O–H groups in total. The van der Waals surface area contributed by atoms with Crippen LogP contribution in [0.3, 0.4) is 0 Å². The Morgan fingerprint density at radius 3 is 0.780 bits per heavy atom. The third kappa shape index (κ3) is 5.70. The van der Waals surface area contributed by atoms with Gasteiger partial charge in [0.25, 0.3) is 0 Å². The van der Waals surface area contributed by atoms with E-state index in [9.17, 15) is 30.6 Å². The molecule has 6 nitrogen and oxygen atoms in total. The molecule has 0 aliphatic heterocycles. The second-order valence-electron chi connectivity index (χ2n) is 16.5. The van der Waals surface area contributed by atoms with Gasteiger partial charge in [0.2, 0.25) is 0 Å². The van der Waals surface area contributed by atoms with E-state index in [1.165, 1.54) is 12.2 Å². The van der Waals surface area contributed by atoms with Crippen LogP contribution in [0.5, 0.6) is 0 Å². The summed E-state index contributed by atoms with van der Waals surface area (Å²) in [4.78, 5) is 0. The molecule has 0 spiro atoms. The minimum absolute atomic E-state index is 0.424. The van der Waals surface area contributed by atoms with Crippen molar-refractivity contribution in [3.05, 3.63) is 241 Å². The molecule has 1 aliphatic rings. The third-order valence-electron chi connectivity index (χ3n) is 13.5. The van der Waals surface area contributed by atoms with Crippen molar-refractivity contribution >= 4 is 0 Å². The Balaban J connectivity index is 1.53. The van der Waals surface area contributed by atoms with Gasteiger partial charge < -0.3 is 30.6 Å². The van der Waals surface area contributed by atoms with Gasteiger partial charge in [-0.1, -0.05) is 208 Å².